The Morgan fingerprint density at radius 1 is 1.05 bits per heavy atom. The third-order valence-electron chi connectivity index (χ3n) is 7.73. The lowest BCUT2D eigenvalue weighted by Crippen LogP contribution is -2.41. The molecule has 0 aliphatic carbocycles. The normalized spacial score (nSPS) is 18.9. The van der Waals surface area contributed by atoms with Gasteiger partial charge in [0.1, 0.15) is 29.9 Å². The van der Waals surface area contributed by atoms with Crippen LogP contribution < -0.4 is 5.32 Å². The van der Waals surface area contributed by atoms with Crippen molar-refractivity contribution in [1.29, 1.82) is 0 Å². The van der Waals surface area contributed by atoms with Crippen LogP contribution in [0.4, 0.5) is 14.5 Å². The predicted octanol–water partition coefficient (Wildman–Crippen LogP) is 5.29. The van der Waals surface area contributed by atoms with Crippen molar-refractivity contribution in [3.8, 4) is 0 Å². The molecule has 3 aromatic carbocycles. The van der Waals surface area contributed by atoms with Crippen LogP contribution in [-0.4, -0.2) is 44.8 Å². The first kappa shape index (κ1) is 30.1. The number of aromatic nitrogens is 3. The molecule has 0 bridgehead atoms. The summed E-state index contributed by atoms with van der Waals surface area (Å²) < 4.78 is 41.9. The maximum atomic E-state index is 14.8. The highest BCUT2D eigenvalue weighted by Gasteiger charge is 2.40. The van der Waals surface area contributed by atoms with E-state index in [-0.39, 0.29) is 29.7 Å². The van der Waals surface area contributed by atoms with E-state index < -0.39 is 29.4 Å². The number of aliphatic hydroxyl groups is 1. The van der Waals surface area contributed by atoms with Gasteiger partial charge in [-0.2, -0.15) is 5.10 Å². The summed E-state index contributed by atoms with van der Waals surface area (Å²) in [4.78, 5) is 28.0. The molecule has 2 unspecified atom stereocenters. The van der Waals surface area contributed by atoms with Crippen molar-refractivity contribution in [2.75, 3.05) is 18.5 Å². The Balaban J connectivity index is 1.19. The number of benzene rings is 3. The van der Waals surface area contributed by atoms with E-state index in [1.807, 2.05) is 0 Å². The smallest absolute Gasteiger partial charge is 0.255 e. The molecule has 1 aromatic heterocycles. The molecule has 2 N–H and O–H groups in total. The summed E-state index contributed by atoms with van der Waals surface area (Å²) in [5.74, 6) is -2.50. The van der Waals surface area contributed by atoms with Crippen LogP contribution in [0.2, 0.25) is 0 Å². The fourth-order valence-electron chi connectivity index (χ4n) is 5.26. The number of Topliss-reactive ketones (excluding diaryl/α,β-unsaturated/α-hetero) is 1. The predicted molar refractivity (Wildman–Crippen MR) is 153 cm³/mol. The van der Waals surface area contributed by atoms with Crippen LogP contribution in [-0.2, 0) is 21.6 Å². The molecule has 1 amide bonds. The lowest BCUT2D eigenvalue weighted by Gasteiger charge is -2.38. The van der Waals surface area contributed by atoms with E-state index in [9.17, 15) is 23.5 Å². The number of carbonyl (C=O) groups is 2. The number of nitrogens with one attached hydrogen (secondary N) is 1. The van der Waals surface area contributed by atoms with Gasteiger partial charge in [0, 0.05) is 39.9 Å². The number of nitrogens with zero attached hydrogens (tertiary/aromatic N) is 3. The lowest BCUT2D eigenvalue weighted by atomic mass is 9.77. The van der Waals surface area contributed by atoms with Crippen molar-refractivity contribution in [2.45, 2.75) is 38.7 Å². The van der Waals surface area contributed by atoms with E-state index >= 15 is 0 Å². The van der Waals surface area contributed by atoms with Crippen LogP contribution in [0.25, 0.3) is 0 Å². The van der Waals surface area contributed by atoms with Crippen molar-refractivity contribution in [3.63, 3.8) is 0 Å². The molecule has 0 saturated carbocycles. The highest BCUT2D eigenvalue weighted by atomic mass is 19.1. The van der Waals surface area contributed by atoms with Gasteiger partial charge in [0.05, 0.1) is 19.8 Å². The third kappa shape index (κ3) is 7.02. The van der Waals surface area contributed by atoms with E-state index in [0.717, 1.165) is 17.7 Å². The van der Waals surface area contributed by atoms with Gasteiger partial charge in [-0.05, 0) is 61.7 Å². The summed E-state index contributed by atoms with van der Waals surface area (Å²) in [5.41, 5.74) is 0.606. The molecular formula is C32H32F2N4O5. The average Bonchev–Trinajstić information content (AvgIpc) is 3.50. The Bertz CT molecular complexity index is 1560. The zero-order chi connectivity index (χ0) is 30.6. The second-order valence-electron chi connectivity index (χ2n) is 10.9. The Morgan fingerprint density at radius 2 is 1.72 bits per heavy atom. The number of carbonyl (C=O) groups excluding carboxylic acids is 2. The van der Waals surface area contributed by atoms with E-state index in [1.165, 1.54) is 30.3 Å². The molecule has 43 heavy (non-hydrogen) atoms. The first-order valence-electron chi connectivity index (χ1n) is 13.9. The van der Waals surface area contributed by atoms with Crippen molar-refractivity contribution >= 4 is 17.4 Å². The van der Waals surface area contributed by atoms with Gasteiger partial charge in [-0.3, -0.25) is 9.59 Å². The van der Waals surface area contributed by atoms with Crippen molar-refractivity contribution in [3.05, 3.63) is 113 Å². The zero-order valence-corrected chi connectivity index (χ0v) is 23.7. The van der Waals surface area contributed by atoms with Crippen LogP contribution in [0.15, 0.2) is 79.4 Å². The van der Waals surface area contributed by atoms with Gasteiger partial charge >= 0.3 is 0 Å². The Labute approximate surface area is 247 Å². The van der Waals surface area contributed by atoms with Gasteiger partial charge < -0.3 is 19.9 Å². The number of hydrogen-bond donors (Lipinski definition) is 2. The van der Waals surface area contributed by atoms with Crippen LogP contribution in [0, 0.1) is 23.5 Å². The van der Waals surface area contributed by atoms with Crippen LogP contribution in [0.3, 0.4) is 0 Å². The van der Waals surface area contributed by atoms with E-state index in [4.69, 9.17) is 9.47 Å². The summed E-state index contributed by atoms with van der Waals surface area (Å²) in [6.07, 6.45) is 2.55. The summed E-state index contributed by atoms with van der Waals surface area (Å²) in [7, 11) is 0. The van der Waals surface area contributed by atoms with E-state index in [1.54, 1.807) is 55.5 Å². The van der Waals surface area contributed by atoms with Crippen LogP contribution in [0.1, 0.15) is 58.4 Å². The fourth-order valence-corrected chi connectivity index (χ4v) is 5.26. The summed E-state index contributed by atoms with van der Waals surface area (Å²) in [5, 5.41) is 18.6. The third-order valence-corrected chi connectivity index (χ3v) is 7.73. The quantitative estimate of drug-likeness (QED) is 0.241. The second kappa shape index (κ2) is 12.9. The minimum absolute atomic E-state index is 0.0235. The van der Waals surface area contributed by atoms with Crippen molar-refractivity contribution in [1.82, 2.24) is 14.8 Å². The molecule has 224 valence electrons. The topological polar surface area (TPSA) is 116 Å². The van der Waals surface area contributed by atoms with Gasteiger partial charge in [-0.15, -0.1) is 0 Å². The van der Waals surface area contributed by atoms with Crippen LogP contribution in [0.5, 0.6) is 0 Å². The SMILES string of the molecule is CC(=O)c1ccc(NC(=O)c2ccc(C3OCC(CC(C)C(O)(Cn4cncn4)c4ccc(F)cc4F)CO3)cc2)cc1. The number of halogens is 2. The highest BCUT2D eigenvalue weighted by molar-refractivity contribution is 6.04. The first-order valence-corrected chi connectivity index (χ1v) is 13.9. The molecule has 2 heterocycles. The molecule has 1 aliphatic heterocycles. The number of rotatable bonds is 10. The Hall–Kier alpha value is -4.32. The minimum atomic E-state index is -1.70. The molecule has 1 aliphatic rings. The zero-order valence-electron chi connectivity index (χ0n) is 23.7. The monoisotopic (exact) mass is 590 g/mol. The molecule has 2 atom stereocenters. The standard InChI is InChI=1S/C32H32F2N4O5/c1-20(32(41,17-38-19-35-18-36-38)28-12-9-26(33)14-29(28)34)13-22-15-42-31(43-16-22)25-5-3-24(4-6-25)30(40)37-27-10-7-23(8-11-27)21(2)39/h3-12,14,18-20,22,31,41H,13,15-17H2,1-2H3,(H,37,40). The molecule has 4 aromatic rings. The van der Waals surface area contributed by atoms with E-state index in [0.29, 0.717) is 36.4 Å². The van der Waals surface area contributed by atoms with Gasteiger partial charge in [-0.1, -0.05) is 25.1 Å². The van der Waals surface area contributed by atoms with Crippen molar-refractivity contribution < 1.29 is 33.0 Å². The van der Waals surface area contributed by atoms with Gasteiger partial charge in [0.15, 0.2) is 12.1 Å². The molecular weight excluding hydrogens is 558 g/mol. The maximum absolute atomic E-state index is 14.8. The average molecular weight is 591 g/mol. The minimum Gasteiger partial charge on any atom is -0.383 e. The molecule has 5 rings (SSSR count). The molecule has 1 fully saturated rings. The van der Waals surface area contributed by atoms with Gasteiger partial charge in [0.25, 0.3) is 5.91 Å². The second-order valence-corrected chi connectivity index (χ2v) is 10.9. The van der Waals surface area contributed by atoms with Crippen LogP contribution >= 0.6 is 0 Å². The Morgan fingerprint density at radius 3 is 2.33 bits per heavy atom. The number of anilines is 1. The van der Waals surface area contributed by atoms with Gasteiger partial charge in [-0.25, -0.2) is 18.4 Å². The summed E-state index contributed by atoms with van der Waals surface area (Å²) in [6.45, 7) is 3.87. The summed E-state index contributed by atoms with van der Waals surface area (Å²) in [6, 6.07) is 16.7. The molecule has 0 spiro atoms. The molecule has 11 heteroatoms. The fraction of sp³-hybridized carbons (Fsp3) is 0.312. The highest BCUT2D eigenvalue weighted by Crippen LogP contribution is 2.38. The Kier molecular flexibility index (Phi) is 9.05. The first-order chi connectivity index (χ1) is 20.6. The number of amides is 1. The largest absolute Gasteiger partial charge is 0.383 e. The molecule has 0 radical (unpaired) electrons. The van der Waals surface area contributed by atoms with Gasteiger partial charge in [0.2, 0.25) is 0 Å². The molecule has 9 nitrogen and oxygen atoms in total. The number of hydrogen-bond acceptors (Lipinski definition) is 7. The van der Waals surface area contributed by atoms with E-state index in [2.05, 4.69) is 15.4 Å². The number of ketones is 1. The molecule has 1 saturated heterocycles. The summed E-state index contributed by atoms with van der Waals surface area (Å²) >= 11 is 0. The lowest BCUT2D eigenvalue weighted by molar-refractivity contribution is -0.210. The number of ether oxygens (including phenoxy) is 2. The maximum Gasteiger partial charge on any atom is 0.255 e. The van der Waals surface area contributed by atoms with Crippen molar-refractivity contribution in [2.24, 2.45) is 11.8 Å².